The average Bonchev–Trinajstić information content (AvgIpc) is 2.33. The zero-order valence-electron chi connectivity index (χ0n) is 10.2. The van der Waals surface area contributed by atoms with Gasteiger partial charge in [0, 0.05) is 0 Å². The molecule has 0 N–H and O–H groups in total. The van der Waals surface area contributed by atoms with Gasteiger partial charge in [-0.2, -0.15) is 0 Å². The molecule has 1 aliphatic rings. The van der Waals surface area contributed by atoms with Crippen LogP contribution in [0, 0.1) is 24.5 Å². The van der Waals surface area contributed by atoms with Crippen molar-refractivity contribution in [2.24, 2.45) is 5.92 Å². The van der Waals surface area contributed by atoms with Gasteiger partial charge in [-0.1, -0.05) is 6.08 Å². The van der Waals surface area contributed by atoms with Crippen LogP contribution in [0.1, 0.15) is 36.0 Å². The number of fused-ring (bicyclic) bond motifs is 1. The highest BCUT2D eigenvalue weighted by molar-refractivity contribution is 5.36. The van der Waals surface area contributed by atoms with Crippen LogP contribution in [0.3, 0.4) is 0 Å². The number of benzene rings is 1. The number of hydrogen-bond donors (Lipinski definition) is 0. The fourth-order valence-corrected chi connectivity index (χ4v) is 2.68. The van der Waals surface area contributed by atoms with Gasteiger partial charge in [0.2, 0.25) is 0 Å². The Morgan fingerprint density at radius 1 is 1.41 bits per heavy atom. The second kappa shape index (κ2) is 4.99. The third-order valence-corrected chi connectivity index (χ3v) is 3.68. The Hall–Kier alpha value is -1.18. The van der Waals surface area contributed by atoms with E-state index in [0.29, 0.717) is 35.4 Å². The molecule has 0 spiro atoms. The molecule has 0 heterocycles. The quantitative estimate of drug-likeness (QED) is 0.685. The first-order valence-corrected chi connectivity index (χ1v) is 6.20. The van der Waals surface area contributed by atoms with Gasteiger partial charge in [-0.3, -0.25) is 0 Å². The van der Waals surface area contributed by atoms with Crippen molar-refractivity contribution in [3.8, 4) is 0 Å². The highest BCUT2D eigenvalue weighted by atomic mass is 19.1. The van der Waals surface area contributed by atoms with Gasteiger partial charge >= 0.3 is 0 Å². The summed E-state index contributed by atoms with van der Waals surface area (Å²) in [5.74, 6) is 0.0304. The Morgan fingerprint density at radius 2 is 2.18 bits per heavy atom. The molecule has 1 aliphatic carbocycles. The Bertz CT molecular complexity index is 435. The zero-order chi connectivity index (χ0) is 12.4. The molecular formula is C15H18F2. The molecule has 92 valence electrons. The molecule has 0 nitrogen and oxygen atoms in total. The summed E-state index contributed by atoms with van der Waals surface area (Å²) in [4.78, 5) is 0. The SMILES string of the molecule is C=CCCC1CCc2c(F)c(C)cc(F)c2C1. The van der Waals surface area contributed by atoms with E-state index in [1.165, 1.54) is 6.07 Å². The first-order chi connectivity index (χ1) is 8.13. The lowest BCUT2D eigenvalue weighted by molar-refractivity contribution is 0.407. The molecule has 1 atom stereocenters. The van der Waals surface area contributed by atoms with E-state index in [1.54, 1.807) is 6.92 Å². The van der Waals surface area contributed by atoms with Crippen LogP contribution < -0.4 is 0 Å². The first kappa shape index (κ1) is 12.3. The maximum atomic E-state index is 13.9. The largest absolute Gasteiger partial charge is 0.207 e. The number of halogens is 2. The minimum Gasteiger partial charge on any atom is -0.207 e. The van der Waals surface area contributed by atoms with Crippen LogP contribution in [-0.4, -0.2) is 0 Å². The van der Waals surface area contributed by atoms with E-state index in [2.05, 4.69) is 6.58 Å². The molecule has 17 heavy (non-hydrogen) atoms. The van der Waals surface area contributed by atoms with Gasteiger partial charge < -0.3 is 0 Å². The predicted octanol–water partition coefficient (Wildman–Crippen LogP) is 4.34. The van der Waals surface area contributed by atoms with Gasteiger partial charge in [-0.25, -0.2) is 8.78 Å². The summed E-state index contributed by atoms with van der Waals surface area (Å²) in [7, 11) is 0. The molecule has 0 saturated heterocycles. The van der Waals surface area contributed by atoms with Crippen molar-refractivity contribution >= 4 is 0 Å². The molecule has 0 saturated carbocycles. The molecule has 1 unspecified atom stereocenters. The topological polar surface area (TPSA) is 0 Å². The van der Waals surface area contributed by atoms with Crippen LogP contribution in [-0.2, 0) is 12.8 Å². The molecule has 0 fully saturated rings. The van der Waals surface area contributed by atoms with Gasteiger partial charge in [-0.15, -0.1) is 6.58 Å². The standard InChI is InChI=1S/C15H18F2/c1-3-4-5-11-6-7-12-13(9-11)14(16)8-10(2)15(12)17/h3,8,11H,1,4-7,9H2,2H3. The smallest absolute Gasteiger partial charge is 0.129 e. The van der Waals surface area contributed by atoms with Crippen molar-refractivity contribution in [3.63, 3.8) is 0 Å². The summed E-state index contributed by atoms with van der Waals surface area (Å²) in [6, 6.07) is 1.32. The zero-order valence-corrected chi connectivity index (χ0v) is 10.2. The molecule has 2 heteroatoms. The van der Waals surface area contributed by atoms with Crippen LogP contribution >= 0.6 is 0 Å². The fraction of sp³-hybridized carbons (Fsp3) is 0.467. The Kier molecular flexibility index (Phi) is 3.60. The van der Waals surface area contributed by atoms with E-state index in [9.17, 15) is 8.78 Å². The fourth-order valence-electron chi connectivity index (χ4n) is 2.68. The average molecular weight is 236 g/mol. The van der Waals surface area contributed by atoms with E-state index in [-0.39, 0.29) is 11.6 Å². The molecular weight excluding hydrogens is 218 g/mol. The lowest BCUT2D eigenvalue weighted by Gasteiger charge is -2.25. The van der Waals surface area contributed by atoms with Crippen molar-refractivity contribution in [3.05, 3.63) is 47.0 Å². The van der Waals surface area contributed by atoms with Gasteiger partial charge in [0.05, 0.1) is 0 Å². The third-order valence-electron chi connectivity index (χ3n) is 3.68. The van der Waals surface area contributed by atoms with Crippen LogP contribution in [0.2, 0.25) is 0 Å². The van der Waals surface area contributed by atoms with Gasteiger partial charge in [0.25, 0.3) is 0 Å². The van der Waals surface area contributed by atoms with Crippen LogP contribution in [0.5, 0.6) is 0 Å². The van der Waals surface area contributed by atoms with E-state index in [4.69, 9.17) is 0 Å². The monoisotopic (exact) mass is 236 g/mol. The van der Waals surface area contributed by atoms with E-state index in [0.717, 1.165) is 19.3 Å². The minimum absolute atomic E-state index is 0.205. The Morgan fingerprint density at radius 3 is 2.88 bits per heavy atom. The summed E-state index contributed by atoms with van der Waals surface area (Å²) in [6.45, 7) is 5.33. The predicted molar refractivity (Wildman–Crippen MR) is 66.0 cm³/mol. The summed E-state index contributed by atoms with van der Waals surface area (Å²) < 4.78 is 27.7. The van der Waals surface area contributed by atoms with E-state index < -0.39 is 0 Å². The minimum atomic E-state index is -0.234. The van der Waals surface area contributed by atoms with Gasteiger partial charge in [0.15, 0.2) is 0 Å². The lowest BCUT2D eigenvalue weighted by atomic mass is 9.80. The number of rotatable bonds is 3. The van der Waals surface area contributed by atoms with Crippen molar-refractivity contribution in [2.45, 2.75) is 39.0 Å². The first-order valence-electron chi connectivity index (χ1n) is 6.20. The molecule has 2 rings (SSSR count). The van der Waals surface area contributed by atoms with Crippen LogP contribution in [0.4, 0.5) is 8.78 Å². The molecule has 1 aromatic rings. The highest BCUT2D eigenvalue weighted by Gasteiger charge is 2.24. The van der Waals surface area contributed by atoms with Crippen molar-refractivity contribution < 1.29 is 8.78 Å². The van der Waals surface area contributed by atoms with Gasteiger partial charge in [-0.05, 0) is 67.7 Å². The molecule has 0 amide bonds. The molecule has 0 aromatic heterocycles. The normalized spacial score (nSPS) is 18.9. The van der Waals surface area contributed by atoms with Crippen LogP contribution in [0.15, 0.2) is 18.7 Å². The molecule has 0 radical (unpaired) electrons. The van der Waals surface area contributed by atoms with Gasteiger partial charge in [0.1, 0.15) is 11.6 Å². The Labute approximate surface area is 101 Å². The summed E-state index contributed by atoms with van der Waals surface area (Å²) in [5.41, 5.74) is 1.64. The second-order valence-electron chi connectivity index (χ2n) is 4.92. The van der Waals surface area contributed by atoms with E-state index in [1.807, 2.05) is 6.08 Å². The van der Waals surface area contributed by atoms with Crippen molar-refractivity contribution in [1.82, 2.24) is 0 Å². The summed E-state index contributed by atoms with van der Waals surface area (Å²) in [6.07, 6.45) is 6.17. The number of hydrogen-bond acceptors (Lipinski definition) is 0. The van der Waals surface area contributed by atoms with Crippen LogP contribution in [0.25, 0.3) is 0 Å². The molecule has 0 aliphatic heterocycles. The third kappa shape index (κ3) is 2.41. The number of allylic oxidation sites excluding steroid dienone is 1. The van der Waals surface area contributed by atoms with Crippen molar-refractivity contribution in [1.29, 1.82) is 0 Å². The maximum Gasteiger partial charge on any atom is 0.129 e. The molecule has 0 bridgehead atoms. The number of aryl methyl sites for hydroxylation is 1. The highest BCUT2D eigenvalue weighted by Crippen LogP contribution is 2.32. The molecule has 1 aromatic carbocycles. The summed E-state index contributed by atoms with van der Waals surface area (Å²) >= 11 is 0. The van der Waals surface area contributed by atoms with Crippen molar-refractivity contribution in [2.75, 3.05) is 0 Å². The second-order valence-corrected chi connectivity index (χ2v) is 4.92. The lowest BCUT2D eigenvalue weighted by Crippen LogP contribution is -2.17. The summed E-state index contributed by atoms with van der Waals surface area (Å²) in [5, 5.41) is 0. The van der Waals surface area contributed by atoms with E-state index >= 15 is 0 Å². The maximum absolute atomic E-state index is 13.9. The Balaban J connectivity index is 2.26.